The van der Waals surface area contributed by atoms with Crippen molar-refractivity contribution in [2.75, 3.05) is 13.8 Å². The third-order valence-corrected chi connectivity index (χ3v) is 2.64. The Morgan fingerprint density at radius 3 is 2.68 bits per heavy atom. The minimum Gasteiger partial charge on any atom is -0.443 e. The van der Waals surface area contributed by atoms with Gasteiger partial charge in [0.05, 0.1) is 6.42 Å². The maximum Gasteiger partial charge on any atom is 0.376 e. The van der Waals surface area contributed by atoms with Crippen LogP contribution in [-0.4, -0.2) is 31.3 Å². The van der Waals surface area contributed by atoms with E-state index in [9.17, 15) is 14.4 Å². The highest BCUT2D eigenvalue weighted by Gasteiger charge is 2.20. The van der Waals surface area contributed by atoms with Gasteiger partial charge in [-0.25, -0.2) is 10.2 Å². The van der Waals surface area contributed by atoms with E-state index in [0.717, 1.165) is 4.47 Å². The minimum atomic E-state index is -1.04. The zero-order valence-electron chi connectivity index (χ0n) is 10.2. The third kappa shape index (κ3) is 5.29. The van der Waals surface area contributed by atoms with Crippen LogP contribution in [0, 0.1) is 0 Å². The normalized spacial score (nSPS) is 10.0. The quantitative estimate of drug-likeness (QED) is 0.147. The van der Waals surface area contributed by atoms with Gasteiger partial charge in [-0.2, -0.15) is 0 Å². The Labute approximate surface area is 118 Å². The maximum absolute atomic E-state index is 11.8. The van der Waals surface area contributed by atoms with Crippen molar-refractivity contribution in [1.29, 1.82) is 0 Å². The molecule has 6 nitrogen and oxygen atoms in total. The van der Waals surface area contributed by atoms with Crippen molar-refractivity contribution in [3.63, 3.8) is 0 Å². The summed E-state index contributed by atoms with van der Waals surface area (Å²) in [6.07, 6.45) is -0.505. The SMILES string of the molecule is CNNCOC(=O)C(=O)CC(=O)c1cccc(Br)c1. The van der Waals surface area contributed by atoms with E-state index in [1.807, 2.05) is 0 Å². The second-order valence-electron chi connectivity index (χ2n) is 3.54. The summed E-state index contributed by atoms with van der Waals surface area (Å²) in [6, 6.07) is 6.60. The lowest BCUT2D eigenvalue weighted by molar-refractivity contribution is -0.154. The van der Waals surface area contributed by atoms with Crippen molar-refractivity contribution >= 4 is 33.5 Å². The molecule has 0 radical (unpaired) electrons. The average Bonchev–Trinajstić information content (AvgIpc) is 2.38. The van der Waals surface area contributed by atoms with Crippen molar-refractivity contribution in [2.24, 2.45) is 0 Å². The summed E-state index contributed by atoms with van der Waals surface area (Å²) < 4.78 is 5.31. The second kappa shape index (κ2) is 7.78. The Morgan fingerprint density at radius 2 is 2.05 bits per heavy atom. The summed E-state index contributed by atoms with van der Waals surface area (Å²) in [7, 11) is 1.59. The maximum atomic E-state index is 11.8. The molecule has 2 N–H and O–H groups in total. The average molecular weight is 329 g/mol. The van der Waals surface area contributed by atoms with Gasteiger partial charge in [0.2, 0.25) is 5.78 Å². The monoisotopic (exact) mass is 328 g/mol. The van der Waals surface area contributed by atoms with Crippen LogP contribution in [-0.2, 0) is 14.3 Å². The van der Waals surface area contributed by atoms with E-state index in [1.54, 1.807) is 31.3 Å². The molecule has 0 amide bonds. The molecule has 0 aromatic heterocycles. The number of rotatable bonds is 7. The molecular weight excluding hydrogens is 316 g/mol. The fraction of sp³-hybridized carbons (Fsp3) is 0.250. The molecule has 0 spiro atoms. The first-order chi connectivity index (χ1) is 9.04. The fourth-order valence-electron chi connectivity index (χ4n) is 1.24. The number of benzene rings is 1. The lowest BCUT2D eigenvalue weighted by Crippen LogP contribution is -2.33. The zero-order valence-corrected chi connectivity index (χ0v) is 11.8. The van der Waals surface area contributed by atoms with Crippen LogP contribution in [0.15, 0.2) is 28.7 Å². The van der Waals surface area contributed by atoms with Gasteiger partial charge < -0.3 is 4.74 Å². The van der Waals surface area contributed by atoms with Crippen molar-refractivity contribution in [2.45, 2.75) is 6.42 Å². The highest BCUT2D eigenvalue weighted by atomic mass is 79.9. The molecule has 1 aromatic carbocycles. The smallest absolute Gasteiger partial charge is 0.376 e. The molecule has 0 aliphatic rings. The predicted molar refractivity (Wildman–Crippen MR) is 71.3 cm³/mol. The number of ether oxygens (including phenoxy) is 1. The van der Waals surface area contributed by atoms with Gasteiger partial charge in [0.25, 0.3) is 0 Å². The number of carbonyl (C=O) groups excluding carboxylic acids is 3. The number of ketones is 2. The lowest BCUT2D eigenvalue weighted by Gasteiger charge is -2.04. The van der Waals surface area contributed by atoms with Crippen LogP contribution < -0.4 is 10.9 Å². The number of hydrogen-bond acceptors (Lipinski definition) is 6. The minimum absolute atomic E-state index is 0.147. The van der Waals surface area contributed by atoms with E-state index in [-0.39, 0.29) is 6.73 Å². The van der Waals surface area contributed by atoms with Gasteiger partial charge in [0.15, 0.2) is 12.5 Å². The van der Waals surface area contributed by atoms with Crippen molar-refractivity contribution in [3.05, 3.63) is 34.3 Å². The van der Waals surface area contributed by atoms with Crippen LogP contribution >= 0.6 is 15.9 Å². The molecule has 102 valence electrons. The zero-order chi connectivity index (χ0) is 14.3. The van der Waals surface area contributed by atoms with Crippen LogP contribution in [0.1, 0.15) is 16.8 Å². The number of halogens is 1. The van der Waals surface area contributed by atoms with Crippen LogP contribution in [0.3, 0.4) is 0 Å². The molecule has 1 rings (SSSR count). The number of hydrazine groups is 1. The lowest BCUT2D eigenvalue weighted by atomic mass is 10.1. The second-order valence-corrected chi connectivity index (χ2v) is 4.45. The van der Waals surface area contributed by atoms with Crippen molar-refractivity contribution < 1.29 is 19.1 Å². The van der Waals surface area contributed by atoms with E-state index < -0.39 is 24.0 Å². The molecule has 0 saturated carbocycles. The standard InChI is InChI=1S/C12H13BrN2O4/c1-14-15-7-19-12(18)11(17)6-10(16)8-3-2-4-9(13)5-8/h2-5,14-15H,6-7H2,1H3. The molecule has 0 fully saturated rings. The van der Waals surface area contributed by atoms with E-state index in [0.29, 0.717) is 5.56 Å². The third-order valence-electron chi connectivity index (χ3n) is 2.15. The summed E-state index contributed by atoms with van der Waals surface area (Å²) in [5, 5.41) is 0. The van der Waals surface area contributed by atoms with E-state index >= 15 is 0 Å². The molecule has 0 aliphatic carbocycles. The van der Waals surface area contributed by atoms with Crippen molar-refractivity contribution in [1.82, 2.24) is 10.9 Å². The number of carbonyl (C=O) groups is 3. The van der Waals surface area contributed by atoms with Gasteiger partial charge in [-0.15, -0.1) is 0 Å². The molecule has 0 saturated heterocycles. The number of nitrogens with one attached hydrogen (secondary N) is 2. The van der Waals surface area contributed by atoms with Gasteiger partial charge in [-0.3, -0.25) is 15.0 Å². The van der Waals surface area contributed by atoms with E-state index in [1.165, 1.54) is 0 Å². The predicted octanol–water partition coefficient (Wildman–Crippen LogP) is 0.816. The summed E-state index contributed by atoms with van der Waals surface area (Å²) in [5.74, 6) is -2.33. The Kier molecular flexibility index (Phi) is 6.34. The first-order valence-corrected chi connectivity index (χ1v) is 6.22. The molecule has 0 aliphatic heterocycles. The van der Waals surface area contributed by atoms with E-state index in [2.05, 4.69) is 31.5 Å². The van der Waals surface area contributed by atoms with Crippen molar-refractivity contribution in [3.8, 4) is 0 Å². The van der Waals surface area contributed by atoms with Crippen LogP contribution in [0.5, 0.6) is 0 Å². The van der Waals surface area contributed by atoms with Gasteiger partial charge in [0, 0.05) is 10.0 Å². The van der Waals surface area contributed by atoms with Gasteiger partial charge in [-0.05, 0) is 19.2 Å². The van der Waals surface area contributed by atoms with Gasteiger partial charge >= 0.3 is 5.97 Å². The van der Waals surface area contributed by atoms with Crippen LogP contribution in [0.2, 0.25) is 0 Å². The number of esters is 1. The molecule has 1 aromatic rings. The summed E-state index contributed by atoms with van der Waals surface area (Å²) in [5.41, 5.74) is 5.38. The van der Waals surface area contributed by atoms with E-state index in [4.69, 9.17) is 0 Å². The summed E-state index contributed by atoms with van der Waals surface area (Å²) in [6.45, 7) is -0.147. The molecule has 0 unspecified atom stereocenters. The Hall–Kier alpha value is -1.57. The Bertz CT molecular complexity index is 490. The Balaban J connectivity index is 2.52. The molecule has 0 heterocycles. The van der Waals surface area contributed by atoms with Gasteiger partial charge in [0.1, 0.15) is 0 Å². The topological polar surface area (TPSA) is 84.5 Å². The van der Waals surface area contributed by atoms with Crippen LogP contribution in [0.25, 0.3) is 0 Å². The summed E-state index contributed by atoms with van der Waals surface area (Å²) >= 11 is 3.22. The molecule has 0 bridgehead atoms. The molecular formula is C12H13BrN2O4. The van der Waals surface area contributed by atoms with Gasteiger partial charge in [-0.1, -0.05) is 28.1 Å². The number of Topliss-reactive ketones (excluding diaryl/α,β-unsaturated/α-hetero) is 2. The van der Waals surface area contributed by atoms with Crippen LogP contribution in [0.4, 0.5) is 0 Å². The fourth-order valence-corrected chi connectivity index (χ4v) is 1.64. The summed E-state index contributed by atoms with van der Waals surface area (Å²) in [4.78, 5) is 34.5. The first-order valence-electron chi connectivity index (χ1n) is 5.43. The molecule has 19 heavy (non-hydrogen) atoms. The highest BCUT2D eigenvalue weighted by Crippen LogP contribution is 2.13. The first kappa shape index (κ1) is 15.5. The Morgan fingerprint density at radius 1 is 1.32 bits per heavy atom. The largest absolute Gasteiger partial charge is 0.443 e. The highest BCUT2D eigenvalue weighted by molar-refractivity contribution is 9.10. The molecule has 7 heteroatoms. The number of hydrogen-bond donors (Lipinski definition) is 2. The molecule has 0 atom stereocenters.